The summed E-state index contributed by atoms with van der Waals surface area (Å²) >= 11 is 3.48. The quantitative estimate of drug-likeness (QED) is 0.878. The first kappa shape index (κ1) is 13.0. The van der Waals surface area contributed by atoms with Crippen LogP contribution in [0.5, 0.6) is 0 Å². The van der Waals surface area contributed by atoms with E-state index in [2.05, 4.69) is 38.3 Å². The maximum atomic E-state index is 9.54. The molecule has 2 rings (SSSR count). The van der Waals surface area contributed by atoms with Crippen LogP contribution in [0.2, 0.25) is 0 Å². The van der Waals surface area contributed by atoms with Gasteiger partial charge in [0.2, 0.25) is 0 Å². The summed E-state index contributed by atoms with van der Waals surface area (Å²) in [5.74, 6) is 0. The van der Waals surface area contributed by atoms with Crippen LogP contribution in [-0.4, -0.2) is 48.8 Å². The first-order valence-corrected chi connectivity index (χ1v) is 6.89. The van der Waals surface area contributed by atoms with E-state index >= 15 is 0 Å². The van der Waals surface area contributed by atoms with E-state index in [1.807, 2.05) is 12.1 Å². The summed E-state index contributed by atoms with van der Waals surface area (Å²) in [6, 6.07) is 8.57. The Morgan fingerprint density at radius 2 is 2.12 bits per heavy atom. The van der Waals surface area contributed by atoms with E-state index in [0.717, 1.165) is 37.1 Å². The van der Waals surface area contributed by atoms with E-state index in [-0.39, 0.29) is 12.6 Å². The number of nitrogens with one attached hydrogen (secondary N) is 1. The molecular weight excluding hydrogens is 280 g/mol. The fourth-order valence-electron chi connectivity index (χ4n) is 2.29. The first-order valence-electron chi connectivity index (χ1n) is 6.09. The standard InChI is InChI=1S/C13H19BrN2O/c14-12-3-1-2-11(8-12)9-13(10-17)16-6-4-15-5-7-16/h1-3,8,13,15,17H,4-7,9-10H2. The van der Waals surface area contributed by atoms with Gasteiger partial charge in [-0.15, -0.1) is 0 Å². The Labute approximate surface area is 111 Å². The van der Waals surface area contributed by atoms with E-state index in [9.17, 15) is 5.11 Å². The number of benzene rings is 1. The van der Waals surface area contributed by atoms with Gasteiger partial charge < -0.3 is 10.4 Å². The number of nitrogens with zero attached hydrogens (tertiary/aromatic N) is 1. The molecule has 0 amide bonds. The highest BCUT2D eigenvalue weighted by Gasteiger charge is 2.19. The van der Waals surface area contributed by atoms with Crippen LogP contribution in [-0.2, 0) is 6.42 Å². The number of hydrogen-bond acceptors (Lipinski definition) is 3. The van der Waals surface area contributed by atoms with Crippen LogP contribution in [0.4, 0.5) is 0 Å². The van der Waals surface area contributed by atoms with Crippen LogP contribution >= 0.6 is 15.9 Å². The van der Waals surface area contributed by atoms with Crippen molar-refractivity contribution in [2.45, 2.75) is 12.5 Å². The Morgan fingerprint density at radius 3 is 2.76 bits per heavy atom. The summed E-state index contributed by atoms with van der Waals surface area (Å²) in [4.78, 5) is 2.37. The molecule has 1 fully saturated rings. The number of piperazine rings is 1. The molecule has 1 saturated heterocycles. The predicted octanol–water partition coefficient (Wildman–Crippen LogP) is 1.26. The Hall–Kier alpha value is -0.420. The number of hydrogen-bond donors (Lipinski definition) is 2. The Kier molecular flexibility index (Phi) is 4.98. The monoisotopic (exact) mass is 298 g/mol. The molecule has 0 bridgehead atoms. The van der Waals surface area contributed by atoms with Crippen molar-refractivity contribution in [3.8, 4) is 0 Å². The van der Waals surface area contributed by atoms with Gasteiger partial charge in [-0.1, -0.05) is 28.1 Å². The van der Waals surface area contributed by atoms with Crippen LogP contribution in [0.15, 0.2) is 28.7 Å². The van der Waals surface area contributed by atoms with Crippen molar-refractivity contribution >= 4 is 15.9 Å². The average Bonchev–Trinajstić information content (AvgIpc) is 2.37. The van der Waals surface area contributed by atoms with E-state index in [0.29, 0.717) is 0 Å². The smallest absolute Gasteiger partial charge is 0.0590 e. The van der Waals surface area contributed by atoms with Gasteiger partial charge >= 0.3 is 0 Å². The number of halogens is 1. The summed E-state index contributed by atoms with van der Waals surface area (Å²) in [5.41, 5.74) is 1.27. The van der Waals surface area contributed by atoms with Crippen molar-refractivity contribution in [3.05, 3.63) is 34.3 Å². The fraction of sp³-hybridized carbons (Fsp3) is 0.538. The maximum Gasteiger partial charge on any atom is 0.0590 e. The molecule has 1 atom stereocenters. The van der Waals surface area contributed by atoms with Crippen LogP contribution in [0, 0.1) is 0 Å². The second-order valence-corrected chi connectivity index (χ2v) is 5.37. The molecule has 3 nitrogen and oxygen atoms in total. The van der Waals surface area contributed by atoms with Crippen LogP contribution in [0.1, 0.15) is 5.56 Å². The molecule has 1 aromatic rings. The van der Waals surface area contributed by atoms with Crippen molar-refractivity contribution in [3.63, 3.8) is 0 Å². The minimum Gasteiger partial charge on any atom is -0.395 e. The minimum absolute atomic E-state index is 0.229. The van der Waals surface area contributed by atoms with Gasteiger partial charge in [-0.3, -0.25) is 4.90 Å². The van der Waals surface area contributed by atoms with Crippen molar-refractivity contribution < 1.29 is 5.11 Å². The Balaban J connectivity index is 1.98. The van der Waals surface area contributed by atoms with E-state index < -0.39 is 0 Å². The summed E-state index contributed by atoms with van der Waals surface area (Å²) in [7, 11) is 0. The lowest BCUT2D eigenvalue weighted by Crippen LogP contribution is -2.50. The zero-order valence-corrected chi connectivity index (χ0v) is 11.5. The molecule has 1 heterocycles. The first-order chi connectivity index (χ1) is 8.29. The van der Waals surface area contributed by atoms with Crippen LogP contribution in [0.25, 0.3) is 0 Å². The fourth-order valence-corrected chi connectivity index (χ4v) is 2.74. The van der Waals surface area contributed by atoms with Gasteiger partial charge in [-0.2, -0.15) is 0 Å². The van der Waals surface area contributed by atoms with Crippen LogP contribution in [0.3, 0.4) is 0 Å². The molecule has 0 radical (unpaired) electrons. The van der Waals surface area contributed by atoms with E-state index in [4.69, 9.17) is 0 Å². The SMILES string of the molecule is OCC(Cc1cccc(Br)c1)N1CCNCC1. The van der Waals surface area contributed by atoms with Gasteiger partial charge in [0.15, 0.2) is 0 Å². The van der Waals surface area contributed by atoms with Gasteiger partial charge in [-0.05, 0) is 24.1 Å². The Bertz CT molecular complexity index is 353. The van der Waals surface area contributed by atoms with Gasteiger partial charge in [-0.25, -0.2) is 0 Å². The van der Waals surface area contributed by atoms with Crippen LogP contribution < -0.4 is 5.32 Å². The highest BCUT2D eigenvalue weighted by Crippen LogP contribution is 2.15. The summed E-state index contributed by atoms with van der Waals surface area (Å²) in [6.07, 6.45) is 0.913. The molecule has 0 aliphatic carbocycles. The highest BCUT2D eigenvalue weighted by atomic mass is 79.9. The summed E-state index contributed by atoms with van der Waals surface area (Å²) in [5, 5.41) is 12.9. The van der Waals surface area contributed by atoms with Gasteiger partial charge in [0.05, 0.1) is 6.61 Å². The van der Waals surface area contributed by atoms with E-state index in [1.54, 1.807) is 0 Å². The molecule has 0 saturated carbocycles. The molecule has 1 aliphatic heterocycles. The second kappa shape index (κ2) is 6.50. The third-order valence-electron chi connectivity index (χ3n) is 3.24. The lowest BCUT2D eigenvalue weighted by Gasteiger charge is -2.34. The molecular formula is C13H19BrN2O. The van der Waals surface area contributed by atoms with Gasteiger partial charge in [0, 0.05) is 36.7 Å². The molecule has 94 valence electrons. The summed E-state index contributed by atoms with van der Waals surface area (Å²) < 4.78 is 1.10. The molecule has 2 N–H and O–H groups in total. The highest BCUT2D eigenvalue weighted by molar-refractivity contribution is 9.10. The number of aliphatic hydroxyl groups is 1. The lowest BCUT2D eigenvalue weighted by molar-refractivity contribution is 0.110. The van der Waals surface area contributed by atoms with Gasteiger partial charge in [0.25, 0.3) is 0 Å². The number of rotatable bonds is 4. The van der Waals surface area contributed by atoms with Crippen molar-refractivity contribution in [1.82, 2.24) is 10.2 Å². The third-order valence-corrected chi connectivity index (χ3v) is 3.73. The van der Waals surface area contributed by atoms with Crippen molar-refractivity contribution in [1.29, 1.82) is 0 Å². The molecule has 1 aliphatic rings. The lowest BCUT2D eigenvalue weighted by atomic mass is 10.0. The normalized spacial score (nSPS) is 19.2. The summed E-state index contributed by atoms with van der Waals surface area (Å²) in [6.45, 7) is 4.33. The maximum absolute atomic E-state index is 9.54. The van der Waals surface area contributed by atoms with Crippen molar-refractivity contribution in [2.24, 2.45) is 0 Å². The minimum atomic E-state index is 0.229. The van der Waals surface area contributed by atoms with E-state index in [1.165, 1.54) is 5.56 Å². The topological polar surface area (TPSA) is 35.5 Å². The average molecular weight is 299 g/mol. The molecule has 17 heavy (non-hydrogen) atoms. The van der Waals surface area contributed by atoms with Crippen molar-refractivity contribution in [2.75, 3.05) is 32.8 Å². The molecule has 1 aromatic carbocycles. The molecule has 0 aromatic heterocycles. The second-order valence-electron chi connectivity index (χ2n) is 4.46. The zero-order valence-electron chi connectivity index (χ0n) is 9.90. The zero-order chi connectivity index (χ0) is 12.1. The number of aliphatic hydroxyl groups excluding tert-OH is 1. The third kappa shape index (κ3) is 3.78. The molecule has 1 unspecified atom stereocenters. The molecule has 4 heteroatoms. The predicted molar refractivity (Wildman–Crippen MR) is 73.2 cm³/mol. The Morgan fingerprint density at radius 1 is 1.35 bits per heavy atom. The van der Waals surface area contributed by atoms with Gasteiger partial charge in [0.1, 0.15) is 0 Å². The molecule has 0 spiro atoms. The largest absolute Gasteiger partial charge is 0.395 e.